The second-order valence-corrected chi connectivity index (χ2v) is 9.29. The molecule has 1 amide bonds. The number of nitrogens with zero attached hydrogens (tertiary/aromatic N) is 3. The van der Waals surface area contributed by atoms with Crippen LogP contribution >= 0.6 is 11.6 Å². The van der Waals surface area contributed by atoms with Crippen LogP contribution in [0, 0.1) is 0 Å². The van der Waals surface area contributed by atoms with Crippen molar-refractivity contribution in [2.75, 3.05) is 26.2 Å². The number of hydrogen-bond acceptors (Lipinski definition) is 4. The van der Waals surface area contributed by atoms with Gasteiger partial charge in [-0.2, -0.15) is 0 Å². The number of amides is 1. The Morgan fingerprint density at radius 2 is 1.91 bits per heavy atom. The number of pyridine rings is 1. The minimum atomic E-state index is -0.509. The summed E-state index contributed by atoms with van der Waals surface area (Å²) in [6, 6.07) is 18.3. The highest BCUT2D eigenvalue weighted by Gasteiger charge is 2.35. The van der Waals surface area contributed by atoms with Crippen molar-refractivity contribution in [3.05, 3.63) is 83.1 Å². The first-order valence-electron chi connectivity index (χ1n) is 11.6. The molecule has 1 saturated heterocycles. The number of carbonyl (C=O) groups is 1. The highest BCUT2D eigenvalue weighted by atomic mass is 35.5. The maximum atomic E-state index is 13.1. The van der Waals surface area contributed by atoms with Crippen LogP contribution in [0.1, 0.15) is 11.1 Å². The molecule has 2 aliphatic rings. The Morgan fingerprint density at radius 3 is 2.74 bits per heavy atom. The number of aromatic nitrogens is 2. The number of hydrogen-bond donors (Lipinski definition) is 1. The molecule has 2 aromatic carbocycles. The number of rotatable bonds is 4. The van der Waals surface area contributed by atoms with Gasteiger partial charge >= 0.3 is 0 Å². The molecule has 1 unspecified atom stereocenters. The Bertz CT molecular complexity index is 1360. The number of fused-ring (bicyclic) bond motifs is 2. The van der Waals surface area contributed by atoms with Crippen molar-refractivity contribution >= 4 is 28.5 Å². The van der Waals surface area contributed by atoms with Crippen molar-refractivity contribution in [3.63, 3.8) is 0 Å². The number of halogens is 1. The quantitative estimate of drug-likeness (QED) is 0.485. The van der Waals surface area contributed by atoms with E-state index in [1.165, 1.54) is 5.56 Å². The van der Waals surface area contributed by atoms with Crippen LogP contribution in [0.25, 0.3) is 22.2 Å². The van der Waals surface area contributed by atoms with Crippen LogP contribution in [-0.4, -0.2) is 52.6 Å². The Hall–Kier alpha value is -3.35. The van der Waals surface area contributed by atoms with Crippen LogP contribution in [-0.2, 0) is 17.8 Å². The average Bonchev–Trinajstić information content (AvgIpc) is 3.48. The van der Waals surface area contributed by atoms with E-state index < -0.39 is 6.10 Å². The van der Waals surface area contributed by atoms with Gasteiger partial charge in [0, 0.05) is 73.1 Å². The molecular formula is C27H25ClN4O2. The summed E-state index contributed by atoms with van der Waals surface area (Å²) in [4.78, 5) is 19.7. The molecule has 7 heteroatoms. The van der Waals surface area contributed by atoms with E-state index in [0.29, 0.717) is 24.5 Å². The zero-order valence-corrected chi connectivity index (χ0v) is 19.5. The number of piperazine rings is 1. The summed E-state index contributed by atoms with van der Waals surface area (Å²) in [5.41, 5.74) is 5.01. The molecule has 0 bridgehead atoms. The minimum absolute atomic E-state index is 0.0497. The van der Waals surface area contributed by atoms with Gasteiger partial charge in [0.1, 0.15) is 11.4 Å². The third-order valence-electron chi connectivity index (χ3n) is 6.65. The SMILES string of the molecule is O=C(C1Cc2cc(Cl)cc(-c3ccnc4c3ccn4Cc3ccccc3)c2O1)N1CCNCC1. The Labute approximate surface area is 203 Å². The Kier molecular flexibility index (Phi) is 5.47. The van der Waals surface area contributed by atoms with Crippen LogP contribution in [0.2, 0.25) is 5.02 Å². The van der Waals surface area contributed by atoms with Gasteiger partial charge in [-0.05, 0) is 35.4 Å². The molecule has 1 N–H and O–H groups in total. The molecule has 1 atom stereocenters. The smallest absolute Gasteiger partial charge is 0.264 e. The largest absolute Gasteiger partial charge is 0.479 e. The molecule has 2 aliphatic heterocycles. The molecule has 0 aliphatic carbocycles. The van der Waals surface area contributed by atoms with Gasteiger partial charge in [0.2, 0.25) is 0 Å². The van der Waals surface area contributed by atoms with E-state index in [0.717, 1.165) is 53.1 Å². The topological polar surface area (TPSA) is 59.4 Å². The monoisotopic (exact) mass is 472 g/mol. The Morgan fingerprint density at radius 1 is 1.09 bits per heavy atom. The zero-order chi connectivity index (χ0) is 23.1. The Balaban J connectivity index is 1.36. The first kappa shape index (κ1) is 21.2. The van der Waals surface area contributed by atoms with Crippen LogP contribution in [0.3, 0.4) is 0 Å². The van der Waals surface area contributed by atoms with Crippen molar-refractivity contribution in [1.82, 2.24) is 19.8 Å². The van der Waals surface area contributed by atoms with Crippen LogP contribution in [0.4, 0.5) is 0 Å². The fourth-order valence-corrected chi connectivity index (χ4v) is 5.23. The second kappa shape index (κ2) is 8.78. The maximum absolute atomic E-state index is 13.1. The summed E-state index contributed by atoms with van der Waals surface area (Å²) in [5.74, 6) is 0.801. The minimum Gasteiger partial charge on any atom is -0.479 e. The summed E-state index contributed by atoms with van der Waals surface area (Å²) in [6.45, 7) is 3.80. The van der Waals surface area contributed by atoms with Gasteiger partial charge in [0.25, 0.3) is 5.91 Å². The van der Waals surface area contributed by atoms with E-state index in [-0.39, 0.29) is 5.91 Å². The first-order chi connectivity index (χ1) is 16.7. The summed E-state index contributed by atoms with van der Waals surface area (Å²) >= 11 is 6.54. The fraction of sp³-hybridized carbons (Fsp3) is 0.259. The molecule has 0 spiro atoms. The molecule has 172 valence electrons. The number of benzene rings is 2. The van der Waals surface area contributed by atoms with Gasteiger partial charge in [-0.15, -0.1) is 0 Å². The molecule has 1 fully saturated rings. The van der Waals surface area contributed by atoms with Gasteiger partial charge in [-0.1, -0.05) is 41.9 Å². The predicted molar refractivity (Wildman–Crippen MR) is 133 cm³/mol. The van der Waals surface area contributed by atoms with E-state index in [2.05, 4.69) is 39.3 Å². The van der Waals surface area contributed by atoms with Gasteiger partial charge in [0.15, 0.2) is 6.10 Å². The highest BCUT2D eigenvalue weighted by Crippen LogP contribution is 2.43. The lowest BCUT2D eigenvalue weighted by molar-refractivity contribution is -0.138. The molecular weight excluding hydrogens is 448 g/mol. The van der Waals surface area contributed by atoms with Crippen LogP contribution in [0.15, 0.2) is 67.0 Å². The lowest BCUT2D eigenvalue weighted by atomic mass is 9.99. The average molecular weight is 473 g/mol. The molecule has 0 radical (unpaired) electrons. The summed E-state index contributed by atoms with van der Waals surface area (Å²) in [7, 11) is 0. The first-order valence-corrected chi connectivity index (χ1v) is 12.0. The lowest BCUT2D eigenvalue weighted by Crippen LogP contribution is -2.50. The standard InChI is InChI=1S/C27H25ClN4O2/c28-20-14-19-15-24(27(33)31-12-9-29-10-13-31)34-25(19)23(16-20)21-6-8-30-26-22(21)7-11-32(26)17-18-4-2-1-3-5-18/h1-8,11,14,16,24,29H,9-10,12-13,15,17H2. The normalized spacial score (nSPS) is 17.6. The van der Waals surface area contributed by atoms with Crippen LogP contribution < -0.4 is 10.1 Å². The molecule has 6 rings (SSSR count). The van der Waals surface area contributed by atoms with E-state index in [4.69, 9.17) is 16.3 Å². The van der Waals surface area contributed by atoms with E-state index in [1.807, 2.05) is 47.5 Å². The molecule has 6 nitrogen and oxygen atoms in total. The molecule has 4 aromatic rings. The summed E-state index contributed by atoms with van der Waals surface area (Å²) in [6.07, 6.45) is 3.92. The van der Waals surface area contributed by atoms with Gasteiger partial charge < -0.3 is 19.5 Å². The van der Waals surface area contributed by atoms with Gasteiger partial charge in [-0.25, -0.2) is 4.98 Å². The van der Waals surface area contributed by atoms with E-state index in [9.17, 15) is 4.79 Å². The number of carbonyl (C=O) groups excluding carboxylic acids is 1. The zero-order valence-electron chi connectivity index (χ0n) is 18.7. The lowest BCUT2D eigenvalue weighted by Gasteiger charge is -2.29. The van der Waals surface area contributed by atoms with E-state index >= 15 is 0 Å². The second-order valence-electron chi connectivity index (χ2n) is 8.85. The van der Waals surface area contributed by atoms with Gasteiger partial charge in [-0.3, -0.25) is 4.79 Å². The predicted octanol–water partition coefficient (Wildman–Crippen LogP) is 4.14. The third kappa shape index (κ3) is 3.83. The van der Waals surface area contributed by atoms with Crippen molar-refractivity contribution in [2.24, 2.45) is 0 Å². The molecule has 4 heterocycles. The van der Waals surface area contributed by atoms with Crippen LogP contribution in [0.5, 0.6) is 5.75 Å². The molecule has 34 heavy (non-hydrogen) atoms. The summed E-state index contributed by atoms with van der Waals surface area (Å²) in [5, 5.41) is 4.96. The maximum Gasteiger partial charge on any atom is 0.264 e. The van der Waals surface area contributed by atoms with Crippen molar-refractivity contribution in [2.45, 2.75) is 19.1 Å². The number of ether oxygens (including phenoxy) is 1. The molecule has 2 aromatic heterocycles. The fourth-order valence-electron chi connectivity index (χ4n) is 4.98. The number of nitrogens with one attached hydrogen (secondary N) is 1. The third-order valence-corrected chi connectivity index (χ3v) is 6.87. The van der Waals surface area contributed by atoms with Crippen molar-refractivity contribution in [1.29, 1.82) is 0 Å². The van der Waals surface area contributed by atoms with Crippen molar-refractivity contribution in [3.8, 4) is 16.9 Å². The highest BCUT2D eigenvalue weighted by molar-refractivity contribution is 6.31. The van der Waals surface area contributed by atoms with Gasteiger partial charge in [0.05, 0.1) is 0 Å². The summed E-state index contributed by atoms with van der Waals surface area (Å²) < 4.78 is 8.47. The van der Waals surface area contributed by atoms with E-state index in [1.54, 1.807) is 0 Å². The van der Waals surface area contributed by atoms with Crippen molar-refractivity contribution < 1.29 is 9.53 Å². The molecule has 0 saturated carbocycles.